The first-order valence-corrected chi connectivity index (χ1v) is 5.77. The maximum absolute atomic E-state index is 5.30. The summed E-state index contributed by atoms with van der Waals surface area (Å²) in [6.07, 6.45) is 1.57. The Morgan fingerprint density at radius 2 is 1.87 bits per heavy atom. The molecule has 1 aromatic rings. The predicted octanol–water partition coefficient (Wildman–Crippen LogP) is 2.77. The molecule has 1 aromatic carbocycles. The lowest BCUT2D eigenvalue weighted by Crippen LogP contribution is -2.07. The summed E-state index contributed by atoms with van der Waals surface area (Å²) in [6, 6.07) is 7.93. The molecule has 0 aliphatic rings. The molecule has 3 nitrogen and oxygen atoms in total. The van der Waals surface area contributed by atoms with E-state index in [0.717, 1.165) is 11.1 Å². The zero-order chi connectivity index (χ0) is 11.1. The van der Waals surface area contributed by atoms with Crippen LogP contribution in [0.2, 0.25) is 0 Å². The van der Waals surface area contributed by atoms with Crippen molar-refractivity contribution in [1.82, 2.24) is 0 Å². The van der Waals surface area contributed by atoms with Crippen molar-refractivity contribution >= 4 is 12.0 Å². The number of hydrogen-bond donors (Lipinski definition) is 0. The fraction of sp³-hybridized carbons (Fsp3) is 0.455. The van der Waals surface area contributed by atoms with Gasteiger partial charge in [0.05, 0.1) is 6.61 Å². The summed E-state index contributed by atoms with van der Waals surface area (Å²) >= 11 is 1.35. The van der Waals surface area contributed by atoms with Crippen molar-refractivity contribution in [3.05, 3.63) is 35.4 Å². The number of hydrogen-bond acceptors (Lipinski definition) is 4. The van der Waals surface area contributed by atoms with Crippen molar-refractivity contribution in [1.29, 1.82) is 0 Å². The Hall–Kier alpha value is -0.550. The molecule has 0 N–H and O–H groups in total. The fourth-order valence-corrected chi connectivity index (χ4v) is 1.61. The molecule has 4 heteroatoms. The lowest BCUT2D eigenvalue weighted by Gasteiger charge is -2.17. The minimum atomic E-state index is -0.327. The maximum atomic E-state index is 5.30. The molecule has 15 heavy (non-hydrogen) atoms. The Morgan fingerprint density at radius 1 is 1.20 bits per heavy atom. The van der Waals surface area contributed by atoms with Crippen LogP contribution in [0, 0.1) is 0 Å². The van der Waals surface area contributed by atoms with Crippen molar-refractivity contribution < 1.29 is 13.7 Å². The van der Waals surface area contributed by atoms with Crippen molar-refractivity contribution in [2.45, 2.75) is 12.9 Å². The van der Waals surface area contributed by atoms with Crippen LogP contribution in [-0.4, -0.2) is 20.5 Å². The first kappa shape index (κ1) is 12.5. The minimum absolute atomic E-state index is 0.327. The average Bonchev–Trinajstić information content (AvgIpc) is 2.29. The molecular weight excluding hydrogens is 212 g/mol. The van der Waals surface area contributed by atoms with Gasteiger partial charge in [0, 0.05) is 26.0 Å². The largest absolute Gasteiger partial charge is 0.352 e. The second-order valence-electron chi connectivity index (χ2n) is 2.93. The van der Waals surface area contributed by atoms with Crippen LogP contribution in [-0.2, 0) is 20.3 Å². The predicted molar refractivity (Wildman–Crippen MR) is 61.5 cm³/mol. The third-order valence-corrected chi connectivity index (χ3v) is 2.42. The maximum Gasteiger partial charge on any atom is 0.183 e. The Balaban J connectivity index is 2.84. The average molecular weight is 228 g/mol. The standard InChI is InChI=1S/C11H16O3S/c1-12-11(13-2)10-7-5-4-6-9(10)8-14-15-3/h4-7,11H,8H2,1-3H3. The summed E-state index contributed by atoms with van der Waals surface area (Å²) in [5, 5.41) is 0. The van der Waals surface area contributed by atoms with E-state index in [0.29, 0.717) is 6.61 Å². The third kappa shape index (κ3) is 3.50. The summed E-state index contributed by atoms with van der Waals surface area (Å²) in [6.45, 7) is 0.556. The van der Waals surface area contributed by atoms with E-state index in [1.54, 1.807) is 14.2 Å². The van der Waals surface area contributed by atoms with Gasteiger partial charge in [0.15, 0.2) is 6.29 Å². The molecule has 0 spiro atoms. The molecule has 0 fully saturated rings. The molecule has 0 aliphatic heterocycles. The van der Waals surface area contributed by atoms with Crippen LogP contribution >= 0.6 is 12.0 Å². The Kier molecular flexibility index (Phi) is 5.71. The monoisotopic (exact) mass is 228 g/mol. The van der Waals surface area contributed by atoms with E-state index in [-0.39, 0.29) is 6.29 Å². The molecular formula is C11H16O3S. The lowest BCUT2D eigenvalue weighted by atomic mass is 10.1. The molecule has 0 heterocycles. The second-order valence-corrected chi connectivity index (χ2v) is 3.50. The molecule has 84 valence electrons. The van der Waals surface area contributed by atoms with E-state index in [2.05, 4.69) is 0 Å². The Morgan fingerprint density at radius 3 is 2.47 bits per heavy atom. The van der Waals surface area contributed by atoms with E-state index in [9.17, 15) is 0 Å². The SMILES string of the molecule is COC(OC)c1ccccc1COSC. The highest BCUT2D eigenvalue weighted by atomic mass is 32.2. The van der Waals surface area contributed by atoms with Gasteiger partial charge in [-0.05, 0) is 17.6 Å². The van der Waals surface area contributed by atoms with Crippen LogP contribution in [0.3, 0.4) is 0 Å². The van der Waals surface area contributed by atoms with Gasteiger partial charge in [-0.3, -0.25) is 0 Å². The van der Waals surface area contributed by atoms with E-state index in [4.69, 9.17) is 13.7 Å². The highest BCUT2D eigenvalue weighted by Gasteiger charge is 2.12. The molecule has 0 aliphatic carbocycles. The van der Waals surface area contributed by atoms with Crippen LogP contribution in [0.15, 0.2) is 24.3 Å². The molecule has 0 aromatic heterocycles. The van der Waals surface area contributed by atoms with E-state index >= 15 is 0 Å². The molecule has 0 amide bonds. The van der Waals surface area contributed by atoms with Crippen LogP contribution < -0.4 is 0 Å². The third-order valence-electron chi connectivity index (χ3n) is 2.07. The van der Waals surface area contributed by atoms with Crippen LogP contribution in [0.25, 0.3) is 0 Å². The Bertz CT molecular complexity index is 287. The zero-order valence-corrected chi connectivity index (χ0v) is 10.0. The van der Waals surface area contributed by atoms with Crippen molar-refractivity contribution in [3.63, 3.8) is 0 Å². The molecule has 0 unspecified atom stereocenters. The summed E-state index contributed by atoms with van der Waals surface area (Å²) in [5.41, 5.74) is 2.09. The van der Waals surface area contributed by atoms with Gasteiger partial charge in [-0.15, -0.1) is 0 Å². The van der Waals surface area contributed by atoms with Gasteiger partial charge < -0.3 is 13.7 Å². The van der Waals surface area contributed by atoms with Gasteiger partial charge in [0.25, 0.3) is 0 Å². The van der Waals surface area contributed by atoms with Crippen molar-refractivity contribution in [3.8, 4) is 0 Å². The quantitative estimate of drug-likeness (QED) is 0.553. The highest BCUT2D eigenvalue weighted by molar-refractivity contribution is 7.93. The highest BCUT2D eigenvalue weighted by Crippen LogP contribution is 2.22. The molecule has 0 saturated heterocycles. The summed E-state index contributed by atoms with van der Waals surface area (Å²) in [4.78, 5) is 0. The number of rotatable bonds is 6. The van der Waals surface area contributed by atoms with Gasteiger partial charge in [0.2, 0.25) is 0 Å². The van der Waals surface area contributed by atoms with E-state index in [1.807, 2.05) is 30.5 Å². The van der Waals surface area contributed by atoms with E-state index < -0.39 is 0 Å². The van der Waals surface area contributed by atoms with Gasteiger partial charge in [-0.2, -0.15) is 0 Å². The van der Waals surface area contributed by atoms with Crippen molar-refractivity contribution in [2.24, 2.45) is 0 Å². The topological polar surface area (TPSA) is 27.7 Å². The minimum Gasteiger partial charge on any atom is -0.352 e. The molecule has 1 rings (SSSR count). The number of benzene rings is 1. The summed E-state index contributed by atoms with van der Waals surface area (Å²) in [7, 11) is 3.25. The molecule has 0 saturated carbocycles. The van der Waals surface area contributed by atoms with Gasteiger partial charge in [-0.25, -0.2) is 0 Å². The van der Waals surface area contributed by atoms with Gasteiger partial charge in [-0.1, -0.05) is 24.3 Å². The molecule has 0 bridgehead atoms. The molecule has 0 atom stereocenters. The number of methoxy groups -OCH3 is 2. The normalized spacial score (nSPS) is 10.9. The Labute approximate surface area is 94.9 Å². The van der Waals surface area contributed by atoms with Crippen molar-refractivity contribution in [2.75, 3.05) is 20.5 Å². The number of ether oxygens (including phenoxy) is 2. The first-order valence-electron chi connectivity index (χ1n) is 4.62. The van der Waals surface area contributed by atoms with Crippen LogP contribution in [0.1, 0.15) is 17.4 Å². The van der Waals surface area contributed by atoms with Gasteiger partial charge >= 0.3 is 0 Å². The van der Waals surface area contributed by atoms with Crippen LogP contribution in [0.4, 0.5) is 0 Å². The smallest absolute Gasteiger partial charge is 0.183 e. The lowest BCUT2D eigenvalue weighted by molar-refractivity contribution is -0.106. The van der Waals surface area contributed by atoms with Crippen LogP contribution in [0.5, 0.6) is 0 Å². The zero-order valence-electron chi connectivity index (χ0n) is 9.23. The van der Waals surface area contributed by atoms with E-state index in [1.165, 1.54) is 12.0 Å². The van der Waals surface area contributed by atoms with Gasteiger partial charge in [0.1, 0.15) is 0 Å². The first-order chi connectivity index (χ1) is 7.33. The second kappa shape index (κ2) is 6.85. The molecule has 0 radical (unpaired) electrons. The summed E-state index contributed by atoms with van der Waals surface area (Å²) < 4.78 is 15.7. The fourth-order valence-electron chi connectivity index (χ4n) is 1.37. The summed E-state index contributed by atoms with van der Waals surface area (Å²) in [5.74, 6) is 0.